The fourth-order valence-electron chi connectivity index (χ4n) is 1.98. The van der Waals surface area contributed by atoms with Gasteiger partial charge in [0.15, 0.2) is 0 Å². The Morgan fingerprint density at radius 1 is 1.50 bits per heavy atom. The molecule has 1 aliphatic rings. The first-order valence-electron chi connectivity index (χ1n) is 6.22. The van der Waals surface area contributed by atoms with Crippen molar-refractivity contribution in [2.24, 2.45) is 16.7 Å². The van der Waals surface area contributed by atoms with Crippen molar-refractivity contribution in [1.29, 1.82) is 0 Å². The molecule has 0 fully saturated rings. The van der Waals surface area contributed by atoms with E-state index in [4.69, 9.17) is 0 Å². The lowest BCUT2D eigenvalue weighted by molar-refractivity contribution is 0.0989. The lowest BCUT2D eigenvalue weighted by atomic mass is 9.76. The largest absolute Gasteiger partial charge is 0.393 e. The molecule has 1 nitrogen and oxygen atoms in total. The molecule has 0 spiro atoms. The van der Waals surface area contributed by atoms with Crippen molar-refractivity contribution in [2.75, 3.05) is 0 Å². The summed E-state index contributed by atoms with van der Waals surface area (Å²) in [5.41, 5.74) is 1.62. The van der Waals surface area contributed by atoms with Gasteiger partial charge in [-0.05, 0) is 31.6 Å². The maximum atomic E-state index is 9.67. The molecule has 0 saturated carbocycles. The molecule has 16 heavy (non-hydrogen) atoms. The summed E-state index contributed by atoms with van der Waals surface area (Å²) < 4.78 is 0. The van der Waals surface area contributed by atoms with Crippen LogP contribution < -0.4 is 0 Å². The van der Waals surface area contributed by atoms with Crippen molar-refractivity contribution in [1.82, 2.24) is 0 Å². The predicted octanol–water partition coefficient (Wildman–Crippen LogP) is 3.94. The summed E-state index contributed by atoms with van der Waals surface area (Å²) in [5, 5.41) is 9.67. The van der Waals surface area contributed by atoms with Gasteiger partial charge in [0.2, 0.25) is 0 Å². The molecule has 1 heteroatoms. The average molecular weight is 222 g/mol. The molecule has 0 heterocycles. The van der Waals surface area contributed by atoms with Gasteiger partial charge in [0.1, 0.15) is 0 Å². The van der Waals surface area contributed by atoms with Crippen LogP contribution in [-0.2, 0) is 0 Å². The van der Waals surface area contributed by atoms with E-state index >= 15 is 0 Å². The second-order valence-corrected chi connectivity index (χ2v) is 6.31. The molecule has 1 rings (SSSR count). The van der Waals surface area contributed by atoms with Crippen molar-refractivity contribution in [2.45, 2.75) is 54.1 Å². The number of aliphatic hydroxyl groups excluding tert-OH is 1. The third-order valence-electron chi connectivity index (χ3n) is 4.46. The van der Waals surface area contributed by atoms with Gasteiger partial charge in [0, 0.05) is 5.41 Å². The lowest BCUT2D eigenvalue weighted by Crippen LogP contribution is -2.25. The molecule has 2 atom stereocenters. The highest BCUT2D eigenvalue weighted by Gasteiger charge is 2.33. The highest BCUT2D eigenvalue weighted by molar-refractivity contribution is 5.22. The van der Waals surface area contributed by atoms with E-state index in [-0.39, 0.29) is 16.9 Å². The zero-order chi connectivity index (χ0) is 12.6. The fraction of sp³-hybridized carbons (Fsp3) is 0.733. The Bertz CT molecular complexity index is 305. The Labute approximate surface area is 100 Å². The summed E-state index contributed by atoms with van der Waals surface area (Å²) in [6, 6.07) is 0. The van der Waals surface area contributed by atoms with Crippen LogP contribution in [0.25, 0.3) is 0 Å². The minimum atomic E-state index is -0.303. The molecule has 0 aliphatic heterocycles. The molecule has 0 amide bonds. The van der Waals surface area contributed by atoms with Crippen LogP contribution in [-0.4, -0.2) is 11.2 Å². The Morgan fingerprint density at radius 3 is 2.44 bits per heavy atom. The molecule has 1 N–H and O–H groups in total. The maximum Gasteiger partial charge on any atom is 0.0597 e. The van der Waals surface area contributed by atoms with Crippen molar-refractivity contribution >= 4 is 0 Å². The van der Waals surface area contributed by atoms with Crippen LogP contribution in [0.4, 0.5) is 0 Å². The third kappa shape index (κ3) is 2.57. The molecule has 0 aromatic heterocycles. The van der Waals surface area contributed by atoms with Crippen LogP contribution in [0.2, 0.25) is 0 Å². The molecular weight excluding hydrogens is 196 g/mol. The van der Waals surface area contributed by atoms with Gasteiger partial charge in [-0.3, -0.25) is 0 Å². The van der Waals surface area contributed by atoms with E-state index in [1.807, 2.05) is 6.92 Å². The van der Waals surface area contributed by atoms with Gasteiger partial charge in [0.25, 0.3) is 0 Å². The Kier molecular flexibility index (Phi) is 3.69. The molecule has 0 radical (unpaired) electrons. The van der Waals surface area contributed by atoms with E-state index in [2.05, 4.69) is 52.8 Å². The first-order chi connectivity index (χ1) is 7.18. The zero-order valence-electron chi connectivity index (χ0n) is 11.5. The summed E-state index contributed by atoms with van der Waals surface area (Å²) in [6.07, 6.45) is 7.63. The zero-order valence-corrected chi connectivity index (χ0v) is 11.5. The van der Waals surface area contributed by atoms with Crippen LogP contribution in [0.1, 0.15) is 48.0 Å². The van der Waals surface area contributed by atoms with Gasteiger partial charge in [0.05, 0.1) is 6.10 Å². The van der Waals surface area contributed by atoms with E-state index < -0.39 is 0 Å². The number of hydrogen-bond acceptors (Lipinski definition) is 1. The highest BCUT2D eigenvalue weighted by atomic mass is 16.3. The van der Waals surface area contributed by atoms with Gasteiger partial charge in [-0.15, -0.1) is 0 Å². The predicted molar refractivity (Wildman–Crippen MR) is 70.2 cm³/mol. The minimum Gasteiger partial charge on any atom is -0.393 e. The highest BCUT2D eigenvalue weighted by Crippen LogP contribution is 2.44. The first kappa shape index (κ1) is 13.5. The van der Waals surface area contributed by atoms with Crippen LogP contribution in [0.15, 0.2) is 23.8 Å². The molecule has 0 saturated heterocycles. The number of aliphatic hydroxyl groups is 1. The van der Waals surface area contributed by atoms with Gasteiger partial charge >= 0.3 is 0 Å². The first-order valence-corrected chi connectivity index (χ1v) is 6.22. The Balaban J connectivity index is 2.74. The van der Waals surface area contributed by atoms with Crippen LogP contribution >= 0.6 is 0 Å². The molecule has 1 unspecified atom stereocenters. The van der Waals surface area contributed by atoms with E-state index in [1.165, 1.54) is 5.57 Å². The van der Waals surface area contributed by atoms with Crippen LogP contribution in [0, 0.1) is 16.7 Å². The van der Waals surface area contributed by atoms with Crippen LogP contribution in [0.3, 0.4) is 0 Å². The number of allylic oxidation sites excluding steroid dienone is 3. The Hall–Kier alpha value is -0.560. The van der Waals surface area contributed by atoms with E-state index in [9.17, 15) is 5.11 Å². The number of hydrogen-bond donors (Lipinski definition) is 1. The van der Waals surface area contributed by atoms with Gasteiger partial charge < -0.3 is 5.11 Å². The smallest absolute Gasteiger partial charge is 0.0597 e. The fourth-order valence-corrected chi connectivity index (χ4v) is 1.98. The summed E-state index contributed by atoms with van der Waals surface area (Å²) in [7, 11) is 0. The number of rotatable bonds is 3. The van der Waals surface area contributed by atoms with Crippen molar-refractivity contribution in [3.05, 3.63) is 23.8 Å². The second kappa shape index (κ2) is 4.37. The second-order valence-electron chi connectivity index (χ2n) is 6.31. The molecule has 0 aromatic carbocycles. The molecular formula is C15H26O. The van der Waals surface area contributed by atoms with Gasteiger partial charge in [-0.1, -0.05) is 51.5 Å². The van der Waals surface area contributed by atoms with Gasteiger partial charge in [-0.2, -0.15) is 0 Å². The molecule has 1 aliphatic carbocycles. The monoisotopic (exact) mass is 222 g/mol. The summed E-state index contributed by atoms with van der Waals surface area (Å²) in [5.74, 6) is 0.575. The van der Waals surface area contributed by atoms with Gasteiger partial charge in [-0.25, -0.2) is 0 Å². The van der Waals surface area contributed by atoms with Crippen molar-refractivity contribution < 1.29 is 5.11 Å². The summed E-state index contributed by atoms with van der Waals surface area (Å²) in [6.45, 7) is 12.8. The standard InChI is InChI=1S/C15H26O/c1-11-7-8-13(15(11,5)6)9-10-14(3,4)12(2)16/h7,9-10,12-13,16H,8H2,1-6H3/b10-9+/t12-,13?/m1/s1. The molecule has 0 bridgehead atoms. The molecule has 0 aromatic rings. The quantitative estimate of drug-likeness (QED) is 0.717. The van der Waals surface area contributed by atoms with E-state index in [0.717, 1.165) is 6.42 Å². The minimum absolute atomic E-state index is 0.132. The van der Waals surface area contributed by atoms with Crippen molar-refractivity contribution in [3.63, 3.8) is 0 Å². The maximum absolute atomic E-state index is 9.67. The third-order valence-corrected chi connectivity index (χ3v) is 4.46. The Morgan fingerprint density at radius 2 is 2.06 bits per heavy atom. The summed E-state index contributed by atoms with van der Waals surface area (Å²) >= 11 is 0. The molecule has 92 valence electrons. The van der Waals surface area contributed by atoms with Crippen molar-refractivity contribution in [3.8, 4) is 0 Å². The summed E-state index contributed by atoms with van der Waals surface area (Å²) in [4.78, 5) is 0. The van der Waals surface area contributed by atoms with E-state index in [0.29, 0.717) is 5.92 Å². The van der Waals surface area contributed by atoms with Crippen LogP contribution in [0.5, 0.6) is 0 Å². The average Bonchev–Trinajstić information content (AvgIpc) is 2.39. The topological polar surface area (TPSA) is 20.2 Å². The SMILES string of the molecule is CC1=CCC(/C=C/C(C)(C)[C@@H](C)O)C1(C)C. The normalized spacial score (nSPS) is 27.2. The lowest BCUT2D eigenvalue weighted by Gasteiger charge is -2.29. The van der Waals surface area contributed by atoms with E-state index in [1.54, 1.807) is 0 Å².